The predicted octanol–water partition coefficient (Wildman–Crippen LogP) is 3.61. The Morgan fingerprint density at radius 3 is 2.43 bits per heavy atom. The van der Waals surface area contributed by atoms with Crippen molar-refractivity contribution in [3.63, 3.8) is 0 Å². The molecule has 1 N–H and O–H groups in total. The molecule has 5 heteroatoms. The summed E-state index contributed by atoms with van der Waals surface area (Å²) in [6.45, 7) is 1.32. The molecular weight excluding hydrogens is 308 g/mol. The Hall–Kier alpha value is -1.33. The van der Waals surface area contributed by atoms with Gasteiger partial charge in [-0.1, -0.05) is 12.8 Å². The highest BCUT2D eigenvalue weighted by Crippen LogP contribution is 2.31. The summed E-state index contributed by atoms with van der Waals surface area (Å²) in [4.78, 5) is 3.98. The summed E-state index contributed by atoms with van der Waals surface area (Å²) in [6.07, 6.45) is 9.08. The lowest BCUT2D eigenvalue weighted by Gasteiger charge is -2.15. The molecule has 4 nitrogen and oxygen atoms in total. The number of hydrogen-bond acceptors (Lipinski definition) is 2. The van der Waals surface area contributed by atoms with Gasteiger partial charge in [0, 0.05) is 29.7 Å². The summed E-state index contributed by atoms with van der Waals surface area (Å²) in [6, 6.07) is 5.61. The zero-order valence-electron chi connectivity index (χ0n) is 13.5. The fourth-order valence-corrected chi connectivity index (χ4v) is 5.52. The van der Waals surface area contributed by atoms with Crippen molar-refractivity contribution >= 4 is 20.9 Å². The van der Waals surface area contributed by atoms with Crippen LogP contribution in [0.3, 0.4) is 0 Å². The first-order chi connectivity index (χ1) is 11.2. The van der Waals surface area contributed by atoms with Crippen molar-refractivity contribution in [3.05, 3.63) is 29.5 Å². The molecule has 0 bridgehead atoms. The fourth-order valence-electron chi connectivity index (χ4n) is 3.98. The molecule has 2 aromatic rings. The molecule has 2 aliphatic rings. The first-order valence-electron chi connectivity index (χ1n) is 8.80. The highest BCUT2D eigenvalue weighted by molar-refractivity contribution is 7.89. The second kappa shape index (κ2) is 5.95. The van der Waals surface area contributed by atoms with E-state index < -0.39 is 10.0 Å². The SMILES string of the molecule is O=S(=O)(c1ccc2[nH]c3c(c2c1)CCCCCC3)N1CCCC1. The average molecular weight is 332 g/mol. The van der Waals surface area contributed by atoms with Crippen LogP contribution < -0.4 is 0 Å². The van der Waals surface area contributed by atoms with Crippen LogP contribution >= 0.6 is 0 Å². The molecule has 2 heterocycles. The predicted molar refractivity (Wildman–Crippen MR) is 92.2 cm³/mol. The average Bonchev–Trinajstić information content (AvgIpc) is 3.15. The third kappa shape index (κ3) is 2.70. The Morgan fingerprint density at radius 1 is 0.913 bits per heavy atom. The van der Waals surface area contributed by atoms with Crippen molar-refractivity contribution in [2.75, 3.05) is 13.1 Å². The van der Waals surface area contributed by atoms with Gasteiger partial charge in [-0.15, -0.1) is 0 Å². The van der Waals surface area contributed by atoms with Crippen LogP contribution in [0.4, 0.5) is 0 Å². The van der Waals surface area contributed by atoms with E-state index in [0.717, 1.165) is 36.6 Å². The number of aryl methyl sites for hydroxylation is 2. The zero-order chi connectivity index (χ0) is 15.9. The molecule has 124 valence electrons. The van der Waals surface area contributed by atoms with Crippen molar-refractivity contribution in [2.24, 2.45) is 0 Å². The van der Waals surface area contributed by atoms with Crippen molar-refractivity contribution < 1.29 is 8.42 Å². The number of fused-ring (bicyclic) bond motifs is 3. The number of nitrogens with one attached hydrogen (secondary N) is 1. The number of benzene rings is 1. The number of hydrogen-bond donors (Lipinski definition) is 1. The van der Waals surface area contributed by atoms with E-state index in [0.29, 0.717) is 18.0 Å². The summed E-state index contributed by atoms with van der Waals surface area (Å²) in [5.41, 5.74) is 3.74. The van der Waals surface area contributed by atoms with E-state index in [-0.39, 0.29) is 0 Å². The van der Waals surface area contributed by atoms with E-state index in [1.54, 1.807) is 10.4 Å². The first-order valence-corrected chi connectivity index (χ1v) is 10.2. The first kappa shape index (κ1) is 15.2. The smallest absolute Gasteiger partial charge is 0.243 e. The second-order valence-corrected chi connectivity index (χ2v) is 8.75. The van der Waals surface area contributed by atoms with Gasteiger partial charge in [-0.25, -0.2) is 8.42 Å². The van der Waals surface area contributed by atoms with Crippen molar-refractivity contribution in [1.29, 1.82) is 0 Å². The topological polar surface area (TPSA) is 53.2 Å². The minimum Gasteiger partial charge on any atom is -0.358 e. The summed E-state index contributed by atoms with van der Waals surface area (Å²) in [7, 11) is -3.33. The Labute approximate surface area is 137 Å². The van der Waals surface area contributed by atoms with Crippen LogP contribution in [-0.4, -0.2) is 30.8 Å². The molecule has 0 unspecified atom stereocenters. The number of H-pyrrole nitrogens is 1. The minimum absolute atomic E-state index is 0.454. The van der Waals surface area contributed by atoms with Crippen LogP contribution in [-0.2, 0) is 22.9 Å². The van der Waals surface area contributed by atoms with Gasteiger partial charge < -0.3 is 4.98 Å². The molecule has 1 aromatic heterocycles. The molecule has 0 atom stereocenters. The number of aromatic amines is 1. The van der Waals surface area contributed by atoms with Crippen LogP contribution in [0, 0.1) is 0 Å². The lowest BCUT2D eigenvalue weighted by atomic mass is 9.97. The maximum atomic E-state index is 12.8. The van der Waals surface area contributed by atoms with E-state index in [1.807, 2.05) is 12.1 Å². The molecule has 0 amide bonds. The van der Waals surface area contributed by atoms with Gasteiger partial charge in [0.25, 0.3) is 0 Å². The molecule has 1 fully saturated rings. The van der Waals surface area contributed by atoms with Crippen molar-refractivity contribution in [2.45, 2.75) is 56.3 Å². The molecule has 0 spiro atoms. The van der Waals surface area contributed by atoms with Crippen LogP contribution in [0.5, 0.6) is 0 Å². The minimum atomic E-state index is -3.33. The summed E-state index contributed by atoms with van der Waals surface area (Å²) < 4.78 is 27.2. The molecule has 1 aliphatic heterocycles. The molecule has 4 rings (SSSR count). The summed E-state index contributed by atoms with van der Waals surface area (Å²) in [5, 5.41) is 1.11. The van der Waals surface area contributed by atoms with Crippen molar-refractivity contribution in [1.82, 2.24) is 9.29 Å². The standard InChI is InChI=1S/C18H24N2O2S/c21-23(22,20-11-5-6-12-20)14-9-10-18-16(13-14)15-7-3-1-2-4-8-17(15)19-18/h9-10,13,19H,1-8,11-12H2. The van der Waals surface area contributed by atoms with E-state index in [9.17, 15) is 8.42 Å². The lowest BCUT2D eigenvalue weighted by Crippen LogP contribution is -2.27. The van der Waals surface area contributed by atoms with E-state index in [1.165, 1.54) is 36.9 Å². The summed E-state index contributed by atoms with van der Waals surface area (Å²) in [5.74, 6) is 0. The van der Waals surface area contributed by atoms with E-state index >= 15 is 0 Å². The second-order valence-electron chi connectivity index (χ2n) is 6.81. The van der Waals surface area contributed by atoms with Crippen LogP contribution in [0.15, 0.2) is 23.1 Å². The van der Waals surface area contributed by atoms with Gasteiger partial charge in [-0.2, -0.15) is 4.31 Å². The summed E-state index contributed by atoms with van der Waals surface area (Å²) >= 11 is 0. The Bertz CT molecular complexity index is 817. The molecule has 1 aliphatic carbocycles. The largest absolute Gasteiger partial charge is 0.358 e. The van der Waals surface area contributed by atoms with Gasteiger partial charge in [0.15, 0.2) is 0 Å². The normalized spacial score (nSPS) is 20.3. The zero-order valence-corrected chi connectivity index (χ0v) is 14.3. The van der Waals surface area contributed by atoms with Gasteiger partial charge in [0.2, 0.25) is 10.0 Å². The third-order valence-corrected chi connectivity index (χ3v) is 7.17. The molecule has 0 radical (unpaired) electrons. The maximum absolute atomic E-state index is 12.8. The van der Waals surface area contributed by atoms with Crippen LogP contribution in [0.2, 0.25) is 0 Å². The Morgan fingerprint density at radius 2 is 1.65 bits per heavy atom. The van der Waals surface area contributed by atoms with Gasteiger partial charge in [0.05, 0.1) is 4.90 Å². The molecule has 23 heavy (non-hydrogen) atoms. The fraction of sp³-hybridized carbons (Fsp3) is 0.556. The van der Waals surface area contributed by atoms with Gasteiger partial charge in [0.1, 0.15) is 0 Å². The molecule has 1 saturated heterocycles. The highest BCUT2D eigenvalue weighted by atomic mass is 32.2. The van der Waals surface area contributed by atoms with Crippen LogP contribution in [0.1, 0.15) is 49.8 Å². The van der Waals surface area contributed by atoms with Gasteiger partial charge in [-0.3, -0.25) is 0 Å². The van der Waals surface area contributed by atoms with Crippen LogP contribution in [0.25, 0.3) is 10.9 Å². The van der Waals surface area contributed by atoms with E-state index in [2.05, 4.69) is 4.98 Å². The van der Waals surface area contributed by atoms with Gasteiger partial charge in [-0.05, 0) is 62.3 Å². The number of aromatic nitrogens is 1. The number of rotatable bonds is 2. The lowest BCUT2D eigenvalue weighted by molar-refractivity contribution is 0.477. The van der Waals surface area contributed by atoms with E-state index in [4.69, 9.17) is 0 Å². The number of sulfonamides is 1. The highest BCUT2D eigenvalue weighted by Gasteiger charge is 2.27. The Kier molecular flexibility index (Phi) is 3.93. The Balaban J connectivity index is 1.79. The monoisotopic (exact) mass is 332 g/mol. The molecule has 1 aromatic carbocycles. The quantitative estimate of drug-likeness (QED) is 0.913. The van der Waals surface area contributed by atoms with Gasteiger partial charge >= 0.3 is 0 Å². The third-order valence-electron chi connectivity index (χ3n) is 5.27. The molecular formula is C18H24N2O2S. The number of nitrogens with zero attached hydrogens (tertiary/aromatic N) is 1. The molecule has 0 saturated carbocycles. The van der Waals surface area contributed by atoms with Crippen molar-refractivity contribution in [3.8, 4) is 0 Å². The maximum Gasteiger partial charge on any atom is 0.243 e.